The van der Waals surface area contributed by atoms with Crippen molar-refractivity contribution in [2.75, 3.05) is 13.2 Å². The van der Waals surface area contributed by atoms with Crippen molar-refractivity contribution < 1.29 is 23.7 Å². The minimum atomic E-state index is -0.523. The number of hydrogen-bond donors (Lipinski definition) is 1. The Bertz CT molecular complexity index is 649. The molecule has 0 aromatic heterocycles. The Hall–Kier alpha value is -1.63. The molecule has 1 N–H and O–H groups in total. The summed E-state index contributed by atoms with van der Waals surface area (Å²) < 4.78 is 23.8. The second-order valence-electron chi connectivity index (χ2n) is 5.95. The number of hydrogen-bond acceptors (Lipinski definition) is 5. The lowest BCUT2D eigenvalue weighted by Crippen LogP contribution is -2.64. The molecule has 3 atom stereocenters. The molecule has 0 bridgehead atoms. The van der Waals surface area contributed by atoms with Gasteiger partial charge in [0, 0.05) is 0 Å². The van der Waals surface area contributed by atoms with Crippen molar-refractivity contribution >= 4 is 25.2 Å². The van der Waals surface area contributed by atoms with Crippen molar-refractivity contribution in [2.45, 2.75) is 18.3 Å². The summed E-state index contributed by atoms with van der Waals surface area (Å²) in [6.07, 6.45) is -1.10. The van der Waals surface area contributed by atoms with Crippen molar-refractivity contribution in [3.8, 4) is 0 Å². The zero-order valence-corrected chi connectivity index (χ0v) is 13.2. The van der Waals surface area contributed by atoms with Crippen LogP contribution in [0.2, 0.25) is 0 Å². The molecule has 0 unspecified atom stereocenters. The van der Waals surface area contributed by atoms with Crippen LogP contribution in [0, 0.1) is 0 Å². The molecular formula is C17H18B2O5. The molecule has 0 aliphatic carbocycles. The van der Waals surface area contributed by atoms with Gasteiger partial charge >= 0.3 is 14.2 Å². The van der Waals surface area contributed by atoms with E-state index >= 15 is 0 Å². The van der Waals surface area contributed by atoms with Crippen LogP contribution in [0.25, 0.3) is 0 Å². The zero-order valence-electron chi connectivity index (χ0n) is 13.2. The van der Waals surface area contributed by atoms with Crippen LogP contribution < -0.4 is 10.9 Å². The van der Waals surface area contributed by atoms with E-state index in [1.807, 2.05) is 60.7 Å². The van der Waals surface area contributed by atoms with Crippen LogP contribution in [0.3, 0.4) is 0 Å². The van der Waals surface area contributed by atoms with E-state index in [1.165, 1.54) is 0 Å². The van der Waals surface area contributed by atoms with Crippen molar-refractivity contribution in [2.24, 2.45) is 0 Å². The summed E-state index contributed by atoms with van der Waals surface area (Å²) >= 11 is 0. The predicted molar refractivity (Wildman–Crippen MR) is 91.3 cm³/mol. The molecule has 7 heteroatoms. The maximum Gasteiger partial charge on any atom is 0.494 e. The average molecular weight is 324 g/mol. The molecule has 4 rings (SSSR count). The number of rotatable bonds is 3. The lowest BCUT2D eigenvalue weighted by Gasteiger charge is -2.44. The van der Waals surface area contributed by atoms with E-state index in [0.717, 1.165) is 10.9 Å². The highest BCUT2D eigenvalue weighted by atomic mass is 16.7. The Labute approximate surface area is 141 Å². The molecule has 122 valence electrons. The molecule has 2 aromatic rings. The van der Waals surface area contributed by atoms with E-state index in [2.05, 4.69) is 0 Å². The number of benzene rings is 2. The molecule has 2 aliphatic rings. The van der Waals surface area contributed by atoms with Crippen LogP contribution >= 0.6 is 0 Å². The van der Waals surface area contributed by atoms with Gasteiger partial charge in [0.2, 0.25) is 0 Å². The Morgan fingerprint density at radius 3 is 2.08 bits per heavy atom. The van der Waals surface area contributed by atoms with E-state index < -0.39 is 20.3 Å². The second kappa shape index (κ2) is 7.09. The van der Waals surface area contributed by atoms with Gasteiger partial charge in [0.1, 0.15) is 0 Å². The number of fused-ring (bicyclic) bond motifs is 1. The van der Waals surface area contributed by atoms with Gasteiger partial charge in [-0.1, -0.05) is 60.7 Å². The minimum Gasteiger partial charge on any atom is -0.405 e. The van der Waals surface area contributed by atoms with Crippen molar-refractivity contribution in [1.82, 2.24) is 0 Å². The van der Waals surface area contributed by atoms with Gasteiger partial charge in [-0.2, -0.15) is 0 Å². The minimum absolute atomic E-state index is 0.130. The first kappa shape index (κ1) is 15.9. The monoisotopic (exact) mass is 324 g/mol. The average Bonchev–Trinajstić information content (AvgIpc) is 2.68. The summed E-state index contributed by atoms with van der Waals surface area (Å²) in [5.41, 5.74) is 1.86. The van der Waals surface area contributed by atoms with E-state index in [9.17, 15) is 5.11 Å². The molecule has 0 amide bonds. The first-order valence-corrected chi connectivity index (χ1v) is 8.14. The molecule has 0 spiro atoms. The Balaban J connectivity index is 1.51. The zero-order chi connectivity index (χ0) is 16.4. The van der Waals surface area contributed by atoms with E-state index in [-0.39, 0.29) is 18.8 Å². The third-order valence-corrected chi connectivity index (χ3v) is 4.35. The van der Waals surface area contributed by atoms with Crippen molar-refractivity contribution in [3.63, 3.8) is 0 Å². The van der Waals surface area contributed by atoms with Gasteiger partial charge in [0.05, 0.1) is 31.5 Å². The van der Waals surface area contributed by atoms with Crippen LogP contribution in [-0.2, 0) is 18.6 Å². The second-order valence-corrected chi connectivity index (χ2v) is 5.95. The van der Waals surface area contributed by atoms with Crippen LogP contribution in [0.5, 0.6) is 0 Å². The molecule has 0 saturated carbocycles. The molecule has 2 heterocycles. The standard InChI is InChI=1S/C17H18B2O5/c20-11-15-17-16(23-19(22-15)14-9-5-2-6-10-14)12-21-18(24-17)13-7-3-1-4-8-13/h1-10,15-17,20H,11-12H2/t15-,16+,17+/m1/s1. The lowest BCUT2D eigenvalue weighted by molar-refractivity contribution is -0.133. The third kappa shape index (κ3) is 3.14. The summed E-state index contributed by atoms with van der Waals surface area (Å²) in [6.45, 7) is 0.267. The molecular weight excluding hydrogens is 306 g/mol. The van der Waals surface area contributed by atoms with Crippen LogP contribution in [0.1, 0.15) is 0 Å². The van der Waals surface area contributed by atoms with Crippen LogP contribution in [0.15, 0.2) is 60.7 Å². The van der Waals surface area contributed by atoms with Gasteiger partial charge < -0.3 is 23.7 Å². The Morgan fingerprint density at radius 1 is 0.833 bits per heavy atom. The van der Waals surface area contributed by atoms with E-state index in [0.29, 0.717) is 6.61 Å². The van der Waals surface area contributed by atoms with Crippen molar-refractivity contribution in [1.29, 1.82) is 0 Å². The smallest absolute Gasteiger partial charge is 0.405 e. The first-order chi connectivity index (χ1) is 11.8. The maximum absolute atomic E-state index is 9.75. The number of aliphatic hydroxyl groups excluding tert-OH is 1. The number of aliphatic hydroxyl groups is 1. The summed E-state index contributed by atoms with van der Waals surface area (Å²) in [5.74, 6) is 0. The van der Waals surface area contributed by atoms with Gasteiger partial charge in [-0.3, -0.25) is 0 Å². The third-order valence-electron chi connectivity index (χ3n) is 4.35. The highest BCUT2D eigenvalue weighted by Crippen LogP contribution is 2.25. The normalized spacial score (nSPS) is 27.0. The molecule has 2 aliphatic heterocycles. The topological polar surface area (TPSA) is 57.2 Å². The fraction of sp³-hybridized carbons (Fsp3) is 0.294. The lowest BCUT2D eigenvalue weighted by atomic mass is 9.74. The summed E-state index contributed by atoms with van der Waals surface area (Å²) in [6, 6.07) is 19.4. The highest BCUT2D eigenvalue weighted by molar-refractivity contribution is 6.62. The Morgan fingerprint density at radius 2 is 1.46 bits per heavy atom. The highest BCUT2D eigenvalue weighted by Gasteiger charge is 2.48. The molecule has 2 aromatic carbocycles. The van der Waals surface area contributed by atoms with Gasteiger partial charge in [0.25, 0.3) is 0 Å². The summed E-state index contributed by atoms with van der Waals surface area (Å²) in [5, 5.41) is 9.75. The predicted octanol–water partition coefficient (Wildman–Crippen LogP) is -0.0311. The summed E-state index contributed by atoms with van der Waals surface area (Å²) in [7, 11) is -0.993. The molecule has 2 saturated heterocycles. The van der Waals surface area contributed by atoms with Gasteiger partial charge in [-0.15, -0.1) is 0 Å². The fourth-order valence-electron chi connectivity index (χ4n) is 3.12. The molecule has 0 radical (unpaired) electrons. The summed E-state index contributed by atoms with van der Waals surface area (Å²) in [4.78, 5) is 0. The van der Waals surface area contributed by atoms with Gasteiger partial charge in [-0.05, 0) is 10.9 Å². The van der Waals surface area contributed by atoms with Gasteiger partial charge in [0.15, 0.2) is 0 Å². The molecule has 5 nitrogen and oxygen atoms in total. The molecule has 24 heavy (non-hydrogen) atoms. The SMILES string of the molecule is OC[C@H]1OB(c2ccccc2)O[C@H]2COB(c3ccccc3)O[C@H]21. The van der Waals surface area contributed by atoms with Gasteiger partial charge in [-0.25, -0.2) is 0 Å². The first-order valence-electron chi connectivity index (χ1n) is 8.14. The molecule has 2 fully saturated rings. The van der Waals surface area contributed by atoms with Crippen molar-refractivity contribution in [3.05, 3.63) is 60.7 Å². The van der Waals surface area contributed by atoms with E-state index in [1.54, 1.807) is 0 Å². The Kier molecular flexibility index (Phi) is 4.69. The quantitative estimate of drug-likeness (QED) is 0.804. The fourth-order valence-corrected chi connectivity index (χ4v) is 3.12. The van der Waals surface area contributed by atoms with Crippen LogP contribution in [0.4, 0.5) is 0 Å². The van der Waals surface area contributed by atoms with Crippen LogP contribution in [-0.4, -0.2) is 50.9 Å². The maximum atomic E-state index is 9.75. The van der Waals surface area contributed by atoms with E-state index in [4.69, 9.17) is 18.6 Å². The largest absolute Gasteiger partial charge is 0.494 e.